The molecule has 5 heteroatoms. The van der Waals surface area contributed by atoms with Crippen molar-refractivity contribution in [2.45, 2.75) is 6.04 Å². The third-order valence-electron chi connectivity index (χ3n) is 3.94. The molecule has 1 unspecified atom stereocenters. The van der Waals surface area contributed by atoms with Gasteiger partial charge in [0.15, 0.2) is 0 Å². The number of nitrogens with zero attached hydrogens (tertiary/aromatic N) is 4. The molecule has 0 spiro atoms. The van der Waals surface area contributed by atoms with Crippen LogP contribution in [0.2, 0.25) is 0 Å². The Kier molecular flexibility index (Phi) is 4.01. The molecule has 1 aliphatic heterocycles. The van der Waals surface area contributed by atoms with Gasteiger partial charge in [-0.2, -0.15) is 0 Å². The molecule has 1 aromatic carbocycles. The molecule has 0 bridgehead atoms. The molecule has 0 aliphatic carbocycles. The maximum absolute atomic E-state index is 4.65. The highest BCUT2D eigenvalue weighted by atomic mass is 15.3. The number of benzene rings is 1. The summed E-state index contributed by atoms with van der Waals surface area (Å²) in [5.74, 6) is 1.74. The van der Waals surface area contributed by atoms with Crippen molar-refractivity contribution in [3.8, 4) is 0 Å². The van der Waals surface area contributed by atoms with Crippen LogP contribution in [0.1, 0.15) is 11.6 Å². The van der Waals surface area contributed by atoms with Gasteiger partial charge in [-0.05, 0) is 12.6 Å². The normalized spacial score (nSPS) is 19.5. The van der Waals surface area contributed by atoms with Gasteiger partial charge in [0.25, 0.3) is 0 Å². The maximum Gasteiger partial charge on any atom is 0.150 e. The first-order valence-corrected chi connectivity index (χ1v) is 7.28. The molecule has 21 heavy (non-hydrogen) atoms. The number of rotatable bonds is 3. The number of likely N-dealkylation sites (N-methyl/N-ethyl adjacent to an activating group) is 1. The van der Waals surface area contributed by atoms with E-state index < -0.39 is 0 Å². The lowest BCUT2D eigenvalue weighted by Gasteiger charge is -2.41. The van der Waals surface area contributed by atoms with Crippen LogP contribution < -0.4 is 10.2 Å². The van der Waals surface area contributed by atoms with Gasteiger partial charge in [0.2, 0.25) is 0 Å². The minimum absolute atomic E-state index is 0.311. The Balaban J connectivity index is 1.94. The Hall–Kier alpha value is -2.14. The van der Waals surface area contributed by atoms with E-state index >= 15 is 0 Å². The van der Waals surface area contributed by atoms with Crippen LogP contribution in [0.15, 0.2) is 42.7 Å². The predicted octanol–water partition coefficient (Wildman–Crippen LogP) is 2.01. The Morgan fingerprint density at radius 2 is 1.95 bits per heavy atom. The summed E-state index contributed by atoms with van der Waals surface area (Å²) in [5, 5.41) is 3.06. The van der Waals surface area contributed by atoms with Crippen molar-refractivity contribution in [1.82, 2.24) is 14.9 Å². The van der Waals surface area contributed by atoms with Crippen molar-refractivity contribution >= 4 is 11.6 Å². The third kappa shape index (κ3) is 2.97. The topological polar surface area (TPSA) is 44.3 Å². The second-order valence-corrected chi connectivity index (χ2v) is 5.39. The zero-order valence-electron chi connectivity index (χ0n) is 12.5. The van der Waals surface area contributed by atoms with Gasteiger partial charge < -0.3 is 15.1 Å². The monoisotopic (exact) mass is 283 g/mol. The number of anilines is 2. The minimum atomic E-state index is 0.311. The molecule has 2 heterocycles. The van der Waals surface area contributed by atoms with Crippen LogP contribution >= 0.6 is 0 Å². The van der Waals surface area contributed by atoms with Gasteiger partial charge in [-0.3, -0.25) is 4.98 Å². The first kappa shape index (κ1) is 13.8. The number of piperazine rings is 1. The van der Waals surface area contributed by atoms with Gasteiger partial charge >= 0.3 is 0 Å². The largest absolute Gasteiger partial charge is 0.372 e. The van der Waals surface area contributed by atoms with Crippen molar-refractivity contribution in [3.63, 3.8) is 0 Å². The molecule has 0 amide bonds. The fourth-order valence-corrected chi connectivity index (χ4v) is 2.77. The number of nitrogens with one attached hydrogen (secondary N) is 1. The molecule has 5 nitrogen and oxygen atoms in total. The van der Waals surface area contributed by atoms with Gasteiger partial charge in [0.05, 0.1) is 18.4 Å². The number of aromatic nitrogens is 2. The highest BCUT2D eigenvalue weighted by molar-refractivity contribution is 5.46. The minimum Gasteiger partial charge on any atom is -0.372 e. The van der Waals surface area contributed by atoms with Crippen LogP contribution in [0.3, 0.4) is 0 Å². The predicted molar refractivity (Wildman–Crippen MR) is 85.6 cm³/mol. The zero-order valence-corrected chi connectivity index (χ0v) is 12.5. The van der Waals surface area contributed by atoms with Crippen molar-refractivity contribution in [2.75, 3.05) is 43.9 Å². The van der Waals surface area contributed by atoms with Gasteiger partial charge in [0, 0.05) is 26.7 Å². The maximum atomic E-state index is 4.65. The molecule has 110 valence electrons. The molecule has 0 saturated carbocycles. The van der Waals surface area contributed by atoms with Crippen molar-refractivity contribution in [2.24, 2.45) is 0 Å². The van der Waals surface area contributed by atoms with Gasteiger partial charge in [-0.25, -0.2) is 4.98 Å². The number of hydrogen-bond donors (Lipinski definition) is 1. The molecule has 3 rings (SSSR count). The van der Waals surface area contributed by atoms with E-state index in [-0.39, 0.29) is 0 Å². The summed E-state index contributed by atoms with van der Waals surface area (Å²) >= 11 is 0. The molecular formula is C16H21N5. The molecule has 1 aliphatic rings. The van der Waals surface area contributed by atoms with Gasteiger partial charge in [-0.1, -0.05) is 30.3 Å². The molecule has 1 fully saturated rings. The average Bonchev–Trinajstić information content (AvgIpc) is 2.55. The van der Waals surface area contributed by atoms with E-state index in [0.717, 1.165) is 31.3 Å². The SMILES string of the molecule is CNc1cncc(N2CCN(C)CC2c2ccccc2)n1. The summed E-state index contributed by atoms with van der Waals surface area (Å²) in [6.07, 6.45) is 3.60. The van der Waals surface area contributed by atoms with Gasteiger partial charge in [0.1, 0.15) is 11.6 Å². The molecule has 1 saturated heterocycles. The molecule has 1 aromatic heterocycles. The Bertz CT molecular complexity index is 586. The Morgan fingerprint density at radius 1 is 1.14 bits per heavy atom. The van der Waals surface area contributed by atoms with E-state index in [9.17, 15) is 0 Å². The quantitative estimate of drug-likeness (QED) is 0.933. The third-order valence-corrected chi connectivity index (χ3v) is 3.94. The first-order valence-electron chi connectivity index (χ1n) is 7.28. The average molecular weight is 283 g/mol. The summed E-state index contributed by atoms with van der Waals surface area (Å²) in [7, 11) is 4.04. The molecular weight excluding hydrogens is 262 g/mol. The second kappa shape index (κ2) is 6.10. The summed E-state index contributed by atoms with van der Waals surface area (Å²) < 4.78 is 0. The molecule has 2 aromatic rings. The second-order valence-electron chi connectivity index (χ2n) is 5.39. The smallest absolute Gasteiger partial charge is 0.150 e. The van der Waals surface area contributed by atoms with E-state index in [4.69, 9.17) is 0 Å². The van der Waals surface area contributed by atoms with Crippen molar-refractivity contribution in [1.29, 1.82) is 0 Å². The van der Waals surface area contributed by atoms with Crippen LogP contribution in [-0.2, 0) is 0 Å². The molecule has 1 atom stereocenters. The summed E-state index contributed by atoms with van der Waals surface area (Å²) in [6.45, 7) is 2.99. The molecule has 1 N–H and O–H groups in total. The van der Waals surface area contributed by atoms with Crippen LogP contribution in [0, 0.1) is 0 Å². The zero-order chi connectivity index (χ0) is 14.7. The van der Waals surface area contributed by atoms with E-state index in [1.54, 1.807) is 6.20 Å². The van der Waals surface area contributed by atoms with Crippen LogP contribution in [0.5, 0.6) is 0 Å². The van der Waals surface area contributed by atoms with Gasteiger partial charge in [-0.15, -0.1) is 0 Å². The summed E-state index contributed by atoms with van der Waals surface area (Å²) in [4.78, 5) is 13.7. The fraction of sp³-hybridized carbons (Fsp3) is 0.375. The van der Waals surface area contributed by atoms with Crippen LogP contribution in [0.25, 0.3) is 0 Å². The lowest BCUT2D eigenvalue weighted by atomic mass is 10.0. The van der Waals surface area contributed by atoms with Crippen LogP contribution in [-0.4, -0.2) is 48.6 Å². The summed E-state index contributed by atoms with van der Waals surface area (Å²) in [6, 6.07) is 10.9. The molecule has 0 radical (unpaired) electrons. The van der Waals surface area contributed by atoms with Crippen molar-refractivity contribution < 1.29 is 0 Å². The van der Waals surface area contributed by atoms with E-state index in [1.165, 1.54) is 5.56 Å². The highest BCUT2D eigenvalue weighted by Gasteiger charge is 2.27. The first-order chi connectivity index (χ1) is 10.3. The lowest BCUT2D eigenvalue weighted by molar-refractivity contribution is 0.268. The number of hydrogen-bond acceptors (Lipinski definition) is 5. The Morgan fingerprint density at radius 3 is 2.71 bits per heavy atom. The fourth-order valence-electron chi connectivity index (χ4n) is 2.77. The summed E-state index contributed by atoms with van der Waals surface area (Å²) in [5.41, 5.74) is 1.32. The Labute approximate surface area is 125 Å². The highest BCUT2D eigenvalue weighted by Crippen LogP contribution is 2.29. The van der Waals surface area contributed by atoms with E-state index in [2.05, 4.69) is 62.5 Å². The standard InChI is InChI=1S/C16H21N5/c1-17-15-10-18-11-16(19-15)21-9-8-20(2)12-14(21)13-6-4-3-5-7-13/h3-7,10-11,14H,8-9,12H2,1-2H3,(H,17,19). The van der Waals surface area contributed by atoms with Crippen molar-refractivity contribution in [3.05, 3.63) is 48.3 Å². The lowest BCUT2D eigenvalue weighted by Crippen LogP contribution is -2.47. The van der Waals surface area contributed by atoms with E-state index in [0.29, 0.717) is 6.04 Å². The van der Waals surface area contributed by atoms with E-state index in [1.807, 2.05) is 13.2 Å². The van der Waals surface area contributed by atoms with Crippen LogP contribution in [0.4, 0.5) is 11.6 Å².